The first kappa shape index (κ1) is 38.2. The number of cyclic esters (lactones) is 1. The molecular formula is C35H64O8. The van der Waals surface area contributed by atoms with Crippen molar-refractivity contribution in [2.24, 2.45) is 0 Å². The van der Waals surface area contributed by atoms with Crippen molar-refractivity contribution >= 4 is 5.97 Å². The topological polar surface area (TPSA) is 137 Å². The fourth-order valence-electron chi connectivity index (χ4n) is 6.44. The quantitative estimate of drug-likeness (QED) is 0.0590. The van der Waals surface area contributed by atoms with Gasteiger partial charge in [-0.25, -0.2) is 4.79 Å². The van der Waals surface area contributed by atoms with Crippen LogP contribution in [0.4, 0.5) is 0 Å². The molecule has 2 rings (SSSR count). The summed E-state index contributed by atoms with van der Waals surface area (Å²) in [7, 11) is 0. The van der Waals surface area contributed by atoms with E-state index in [9.17, 15) is 30.3 Å². The summed E-state index contributed by atoms with van der Waals surface area (Å²) >= 11 is 0. The Morgan fingerprint density at radius 1 is 0.674 bits per heavy atom. The highest BCUT2D eigenvalue weighted by atomic mass is 16.5. The predicted molar refractivity (Wildman–Crippen MR) is 170 cm³/mol. The number of aliphatic hydroxyl groups is 5. The second-order valence-electron chi connectivity index (χ2n) is 13.3. The number of esters is 1. The predicted octanol–water partition coefficient (Wildman–Crippen LogP) is 6.03. The van der Waals surface area contributed by atoms with E-state index in [0.717, 1.165) is 51.4 Å². The highest BCUT2D eigenvalue weighted by Gasteiger charge is 2.34. The Hall–Kier alpha value is -1.03. The lowest BCUT2D eigenvalue weighted by atomic mass is 9.97. The molecule has 8 heteroatoms. The van der Waals surface area contributed by atoms with Gasteiger partial charge in [0, 0.05) is 12.0 Å². The molecule has 2 heterocycles. The summed E-state index contributed by atoms with van der Waals surface area (Å²) in [6, 6.07) is 0. The van der Waals surface area contributed by atoms with E-state index < -0.39 is 30.5 Å². The van der Waals surface area contributed by atoms with Crippen molar-refractivity contribution in [1.82, 2.24) is 0 Å². The van der Waals surface area contributed by atoms with Crippen LogP contribution in [0.25, 0.3) is 0 Å². The second kappa shape index (κ2) is 22.5. The zero-order valence-electron chi connectivity index (χ0n) is 27.2. The van der Waals surface area contributed by atoms with Crippen molar-refractivity contribution in [3.8, 4) is 0 Å². The summed E-state index contributed by atoms with van der Waals surface area (Å²) in [5.74, 6) is -0.343. The zero-order valence-corrected chi connectivity index (χ0v) is 27.2. The highest BCUT2D eigenvalue weighted by molar-refractivity contribution is 5.90. The van der Waals surface area contributed by atoms with Crippen LogP contribution in [0, 0.1) is 0 Å². The maximum Gasteiger partial charge on any atom is 0.334 e. The van der Waals surface area contributed by atoms with E-state index in [2.05, 4.69) is 6.92 Å². The third kappa shape index (κ3) is 16.2. The molecule has 0 amide bonds. The number of ether oxygens (including phenoxy) is 2. The van der Waals surface area contributed by atoms with E-state index in [1.807, 2.05) is 0 Å². The van der Waals surface area contributed by atoms with Crippen LogP contribution in [-0.4, -0.2) is 80.3 Å². The molecule has 252 valence electrons. The SMILES string of the molecule is CCCCCCCCCCCC[C@@H](O)[C@H]1CC[C@H]([C@H](O)CCCC(O)C(O)CCCCCC(O)CC2=CC(C)OC2=O)O1. The van der Waals surface area contributed by atoms with Crippen LogP contribution in [0.15, 0.2) is 11.6 Å². The van der Waals surface area contributed by atoms with E-state index in [0.29, 0.717) is 44.1 Å². The third-order valence-electron chi connectivity index (χ3n) is 9.22. The Labute approximate surface area is 261 Å². The number of rotatable bonds is 26. The molecule has 8 atom stereocenters. The van der Waals surface area contributed by atoms with Gasteiger partial charge >= 0.3 is 5.97 Å². The molecule has 0 radical (unpaired) electrons. The van der Waals surface area contributed by atoms with Crippen molar-refractivity contribution in [2.45, 2.75) is 204 Å². The molecule has 0 aliphatic carbocycles. The van der Waals surface area contributed by atoms with E-state index in [4.69, 9.17) is 9.47 Å². The maximum atomic E-state index is 11.7. The molecule has 0 aromatic carbocycles. The van der Waals surface area contributed by atoms with Gasteiger partial charge in [-0.2, -0.15) is 0 Å². The van der Waals surface area contributed by atoms with Crippen LogP contribution >= 0.6 is 0 Å². The van der Waals surface area contributed by atoms with Crippen molar-refractivity contribution in [3.05, 3.63) is 11.6 Å². The van der Waals surface area contributed by atoms with E-state index >= 15 is 0 Å². The lowest BCUT2D eigenvalue weighted by Gasteiger charge is -2.23. The van der Waals surface area contributed by atoms with Gasteiger partial charge in [0.25, 0.3) is 0 Å². The summed E-state index contributed by atoms with van der Waals surface area (Å²) < 4.78 is 11.1. The molecule has 0 aromatic rings. The minimum atomic E-state index is -0.833. The largest absolute Gasteiger partial charge is 0.455 e. The Morgan fingerprint density at radius 2 is 1.14 bits per heavy atom. The molecule has 1 fully saturated rings. The third-order valence-corrected chi connectivity index (χ3v) is 9.22. The van der Waals surface area contributed by atoms with Crippen LogP contribution < -0.4 is 0 Å². The molecule has 1 saturated heterocycles. The summed E-state index contributed by atoms with van der Waals surface area (Å²) in [5, 5.41) is 52.1. The molecule has 5 N–H and O–H groups in total. The Balaban J connectivity index is 1.46. The molecule has 2 aliphatic rings. The minimum absolute atomic E-state index is 0.202. The number of carbonyl (C=O) groups excluding carboxylic acids is 1. The van der Waals surface area contributed by atoms with Gasteiger partial charge in [-0.1, -0.05) is 90.4 Å². The van der Waals surface area contributed by atoms with Crippen molar-refractivity contribution in [3.63, 3.8) is 0 Å². The number of aliphatic hydroxyl groups excluding tert-OH is 5. The van der Waals surface area contributed by atoms with E-state index in [1.165, 1.54) is 51.4 Å². The van der Waals surface area contributed by atoms with Crippen molar-refractivity contribution in [2.75, 3.05) is 0 Å². The molecule has 0 aromatic heterocycles. The molecular weight excluding hydrogens is 548 g/mol. The molecule has 0 spiro atoms. The lowest BCUT2D eigenvalue weighted by Crippen LogP contribution is -2.31. The summed E-state index contributed by atoms with van der Waals surface area (Å²) in [5.41, 5.74) is 0.542. The summed E-state index contributed by atoms with van der Waals surface area (Å²) in [4.78, 5) is 11.7. The van der Waals surface area contributed by atoms with Gasteiger partial charge in [0.1, 0.15) is 6.10 Å². The van der Waals surface area contributed by atoms with Gasteiger partial charge < -0.3 is 35.0 Å². The molecule has 0 saturated carbocycles. The van der Waals surface area contributed by atoms with Gasteiger partial charge in [0.15, 0.2) is 0 Å². The van der Waals surface area contributed by atoms with Gasteiger partial charge in [-0.15, -0.1) is 0 Å². The van der Waals surface area contributed by atoms with Crippen molar-refractivity contribution in [1.29, 1.82) is 0 Å². The average molecular weight is 613 g/mol. The first-order valence-electron chi connectivity index (χ1n) is 17.7. The minimum Gasteiger partial charge on any atom is -0.455 e. The average Bonchev–Trinajstić information content (AvgIpc) is 3.59. The molecule has 2 aliphatic heterocycles. The Kier molecular flexibility index (Phi) is 19.9. The van der Waals surface area contributed by atoms with Crippen LogP contribution in [0.2, 0.25) is 0 Å². The van der Waals surface area contributed by atoms with Gasteiger partial charge in [-0.05, 0) is 64.4 Å². The second-order valence-corrected chi connectivity index (χ2v) is 13.3. The number of hydrogen-bond donors (Lipinski definition) is 5. The van der Waals surface area contributed by atoms with Crippen LogP contribution in [0.3, 0.4) is 0 Å². The summed E-state index contributed by atoms with van der Waals surface area (Å²) in [6.45, 7) is 4.04. The molecule has 43 heavy (non-hydrogen) atoms. The Bertz CT molecular complexity index is 758. The number of unbranched alkanes of at least 4 members (excludes halogenated alkanes) is 11. The van der Waals surface area contributed by atoms with E-state index in [-0.39, 0.29) is 24.3 Å². The molecule has 8 nitrogen and oxygen atoms in total. The van der Waals surface area contributed by atoms with Crippen LogP contribution in [0.5, 0.6) is 0 Å². The van der Waals surface area contributed by atoms with Gasteiger partial charge in [0.05, 0.1) is 42.7 Å². The monoisotopic (exact) mass is 612 g/mol. The first-order chi connectivity index (χ1) is 20.7. The number of hydrogen-bond acceptors (Lipinski definition) is 8. The van der Waals surface area contributed by atoms with Crippen LogP contribution in [-0.2, 0) is 14.3 Å². The smallest absolute Gasteiger partial charge is 0.334 e. The fourth-order valence-corrected chi connectivity index (χ4v) is 6.44. The highest BCUT2D eigenvalue weighted by Crippen LogP contribution is 2.28. The molecule has 0 bridgehead atoms. The van der Waals surface area contributed by atoms with E-state index in [1.54, 1.807) is 13.0 Å². The number of carbonyl (C=O) groups is 1. The maximum absolute atomic E-state index is 11.7. The van der Waals surface area contributed by atoms with Gasteiger partial charge in [-0.3, -0.25) is 0 Å². The van der Waals surface area contributed by atoms with Crippen LogP contribution in [0.1, 0.15) is 155 Å². The lowest BCUT2D eigenvalue weighted by molar-refractivity contribution is -0.139. The zero-order chi connectivity index (χ0) is 31.5. The fraction of sp³-hybridized carbons (Fsp3) is 0.914. The standard InChI is InChI=1S/C35H64O8/c1-3-4-5-6-7-8-9-10-11-14-19-31(39)33-22-23-34(43-33)32(40)21-16-20-30(38)29(37)18-15-12-13-17-28(36)25-27-24-26(2)42-35(27)41/h24,26,28-34,36-40H,3-23,25H2,1-2H3/t26?,28?,29?,30?,31-,32-,33-,34-/m1/s1. The molecule has 4 unspecified atom stereocenters. The Morgan fingerprint density at radius 3 is 1.70 bits per heavy atom. The van der Waals surface area contributed by atoms with Crippen molar-refractivity contribution < 1.29 is 39.8 Å². The normalized spacial score (nSPS) is 24.0. The first-order valence-corrected chi connectivity index (χ1v) is 17.7. The summed E-state index contributed by atoms with van der Waals surface area (Å²) in [6.07, 6.45) is 17.9. The van der Waals surface area contributed by atoms with Gasteiger partial charge in [0.2, 0.25) is 0 Å².